The monoisotopic (exact) mass is 377 g/mol. The van der Waals surface area contributed by atoms with E-state index in [9.17, 15) is 23.2 Å². The van der Waals surface area contributed by atoms with E-state index < -0.39 is 17.8 Å². The summed E-state index contributed by atoms with van der Waals surface area (Å²) in [7, 11) is 0. The largest absolute Gasteiger partial charge is 0.434 e. The molecule has 10 heteroatoms. The van der Waals surface area contributed by atoms with Crippen molar-refractivity contribution in [3.63, 3.8) is 0 Å². The molecule has 140 valence electrons. The Kier molecular flexibility index (Phi) is 5.34. The maximum absolute atomic E-state index is 12.5. The molecular formula is C17H14F3N5O2. The lowest BCUT2D eigenvalue weighted by atomic mass is 10.0. The summed E-state index contributed by atoms with van der Waals surface area (Å²) >= 11 is 0. The van der Waals surface area contributed by atoms with Crippen molar-refractivity contribution in [2.45, 2.75) is 12.3 Å². The average Bonchev–Trinajstić information content (AvgIpc) is 2.68. The van der Waals surface area contributed by atoms with Crippen LogP contribution in [0.5, 0.6) is 0 Å². The topological polar surface area (TPSA) is 99.9 Å². The van der Waals surface area contributed by atoms with E-state index in [1.807, 2.05) is 0 Å². The number of hydrogen-bond acceptors (Lipinski definition) is 6. The van der Waals surface area contributed by atoms with Crippen LogP contribution < -0.4 is 10.6 Å². The Hall–Kier alpha value is -3.03. The zero-order chi connectivity index (χ0) is 19.4. The van der Waals surface area contributed by atoms with Crippen LogP contribution in [-0.2, 0) is 10.9 Å². The number of nitrogens with zero attached hydrogens (tertiary/aromatic N) is 3. The second-order valence-corrected chi connectivity index (χ2v) is 5.72. The van der Waals surface area contributed by atoms with Crippen molar-refractivity contribution in [1.29, 1.82) is 5.26 Å². The number of nitrogens with one attached hydrogen (secondary N) is 2. The number of carbonyl (C=O) groups excluding carboxylic acids is 1. The quantitative estimate of drug-likeness (QED) is 0.851. The Bertz CT molecular complexity index is 872. The third-order valence-electron chi connectivity index (χ3n) is 3.88. The fraction of sp³-hybridized carbons (Fsp3) is 0.294. The molecule has 1 amide bonds. The molecule has 0 saturated carbocycles. The fourth-order valence-electron chi connectivity index (χ4n) is 2.56. The number of morpholine rings is 1. The van der Waals surface area contributed by atoms with Crippen LogP contribution in [0.25, 0.3) is 0 Å². The van der Waals surface area contributed by atoms with Crippen LogP contribution >= 0.6 is 0 Å². The van der Waals surface area contributed by atoms with Gasteiger partial charge < -0.3 is 15.4 Å². The Morgan fingerprint density at radius 1 is 1.33 bits per heavy atom. The van der Waals surface area contributed by atoms with Crippen molar-refractivity contribution in [3.8, 4) is 6.07 Å². The average molecular weight is 377 g/mol. The summed E-state index contributed by atoms with van der Waals surface area (Å²) in [5, 5.41) is 15.0. The minimum atomic E-state index is -4.63. The molecule has 1 aliphatic heterocycles. The number of benzene rings is 1. The normalized spacial score (nSPS) is 17.2. The van der Waals surface area contributed by atoms with Gasteiger partial charge in [0.2, 0.25) is 0 Å². The summed E-state index contributed by atoms with van der Waals surface area (Å²) < 4.78 is 43.1. The molecule has 2 heterocycles. The van der Waals surface area contributed by atoms with Crippen LogP contribution in [0.4, 0.5) is 18.9 Å². The maximum Gasteiger partial charge on any atom is 0.434 e. The molecule has 1 aromatic heterocycles. The van der Waals surface area contributed by atoms with E-state index in [0.29, 0.717) is 36.2 Å². The Morgan fingerprint density at radius 2 is 2.15 bits per heavy atom. The van der Waals surface area contributed by atoms with Gasteiger partial charge in [-0.15, -0.1) is 0 Å². The van der Waals surface area contributed by atoms with Crippen molar-refractivity contribution in [1.82, 2.24) is 15.3 Å². The summed E-state index contributed by atoms with van der Waals surface area (Å²) in [4.78, 5) is 18.8. The first-order valence-corrected chi connectivity index (χ1v) is 7.95. The van der Waals surface area contributed by atoms with Crippen molar-refractivity contribution in [2.75, 3.05) is 25.0 Å². The number of ether oxygens (including phenoxy) is 1. The molecule has 2 aromatic rings. The third-order valence-corrected chi connectivity index (χ3v) is 3.88. The number of carbonyl (C=O) groups is 1. The van der Waals surface area contributed by atoms with E-state index in [0.717, 1.165) is 12.7 Å². The molecule has 0 aliphatic carbocycles. The number of alkyl halides is 3. The number of nitriles is 1. The van der Waals surface area contributed by atoms with E-state index in [1.165, 1.54) is 6.07 Å². The molecule has 0 bridgehead atoms. The van der Waals surface area contributed by atoms with E-state index in [2.05, 4.69) is 26.7 Å². The van der Waals surface area contributed by atoms with Gasteiger partial charge in [-0.2, -0.15) is 18.4 Å². The van der Waals surface area contributed by atoms with Crippen LogP contribution in [-0.4, -0.2) is 35.6 Å². The highest BCUT2D eigenvalue weighted by Gasteiger charge is 2.33. The van der Waals surface area contributed by atoms with Crippen molar-refractivity contribution < 1.29 is 22.7 Å². The van der Waals surface area contributed by atoms with E-state index in [-0.39, 0.29) is 11.8 Å². The molecular weight excluding hydrogens is 363 g/mol. The predicted octanol–water partition coefficient (Wildman–Crippen LogP) is 2.28. The molecule has 2 N–H and O–H groups in total. The molecule has 3 rings (SSSR count). The number of halogens is 3. The van der Waals surface area contributed by atoms with E-state index in [4.69, 9.17) is 4.74 Å². The lowest BCUT2D eigenvalue weighted by Gasteiger charge is -2.24. The first-order chi connectivity index (χ1) is 12.9. The van der Waals surface area contributed by atoms with Gasteiger partial charge in [0.15, 0.2) is 5.69 Å². The van der Waals surface area contributed by atoms with Gasteiger partial charge in [-0.05, 0) is 17.7 Å². The maximum atomic E-state index is 12.5. The number of amides is 1. The highest BCUT2D eigenvalue weighted by Crippen LogP contribution is 2.27. The molecule has 1 aromatic carbocycles. The molecule has 0 unspecified atom stereocenters. The molecule has 7 nitrogen and oxygen atoms in total. The lowest BCUT2D eigenvalue weighted by Crippen LogP contribution is -2.33. The minimum Gasteiger partial charge on any atom is -0.371 e. The zero-order valence-electron chi connectivity index (χ0n) is 13.9. The lowest BCUT2D eigenvalue weighted by molar-refractivity contribution is -0.141. The minimum absolute atomic E-state index is 0.265. The van der Waals surface area contributed by atoms with Crippen LogP contribution in [0.3, 0.4) is 0 Å². The van der Waals surface area contributed by atoms with Gasteiger partial charge in [-0.1, -0.05) is 6.07 Å². The van der Waals surface area contributed by atoms with Gasteiger partial charge in [0.25, 0.3) is 5.91 Å². The van der Waals surface area contributed by atoms with Gasteiger partial charge in [0.05, 0.1) is 36.7 Å². The van der Waals surface area contributed by atoms with Gasteiger partial charge in [0.1, 0.15) is 5.69 Å². The number of rotatable bonds is 3. The first kappa shape index (κ1) is 18.8. The molecule has 1 atom stereocenters. The summed E-state index contributed by atoms with van der Waals surface area (Å²) in [6.45, 7) is 1.84. The van der Waals surface area contributed by atoms with Gasteiger partial charge in [0, 0.05) is 18.8 Å². The highest BCUT2D eigenvalue weighted by atomic mass is 19.4. The van der Waals surface area contributed by atoms with Gasteiger partial charge in [-0.3, -0.25) is 4.79 Å². The number of aromatic nitrogens is 2. The van der Waals surface area contributed by atoms with Crippen LogP contribution in [0.15, 0.2) is 30.6 Å². The molecule has 1 saturated heterocycles. The molecule has 0 spiro atoms. The van der Waals surface area contributed by atoms with Crippen molar-refractivity contribution >= 4 is 11.6 Å². The molecule has 27 heavy (non-hydrogen) atoms. The van der Waals surface area contributed by atoms with E-state index >= 15 is 0 Å². The molecule has 0 radical (unpaired) electrons. The Balaban J connectivity index is 1.75. The highest BCUT2D eigenvalue weighted by molar-refractivity contribution is 6.02. The summed E-state index contributed by atoms with van der Waals surface area (Å²) in [5.41, 5.74) is -0.121. The molecule has 1 fully saturated rings. The third kappa shape index (κ3) is 4.39. The zero-order valence-corrected chi connectivity index (χ0v) is 13.9. The standard InChI is InChI=1S/C17H14F3N5O2/c18-17(19,20)15-9-23-13(7-24-15)16(26)25-11-1-2-12(10(5-11)6-21)14-8-22-3-4-27-14/h1-2,5,7,9,14,22H,3-4,8H2,(H,25,26)/t14-/m1/s1. The Morgan fingerprint density at radius 3 is 2.74 bits per heavy atom. The van der Waals surface area contributed by atoms with Gasteiger partial charge >= 0.3 is 6.18 Å². The fourth-order valence-corrected chi connectivity index (χ4v) is 2.56. The second kappa shape index (κ2) is 7.69. The van der Waals surface area contributed by atoms with E-state index in [1.54, 1.807) is 12.1 Å². The van der Waals surface area contributed by atoms with Crippen LogP contribution in [0.2, 0.25) is 0 Å². The molecule has 1 aliphatic rings. The van der Waals surface area contributed by atoms with Crippen LogP contribution in [0.1, 0.15) is 33.4 Å². The van der Waals surface area contributed by atoms with Crippen molar-refractivity contribution in [3.05, 3.63) is 53.1 Å². The first-order valence-electron chi connectivity index (χ1n) is 7.95. The predicted molar refractivity (Wildman–Crippen MR) is 87.7 cm³/mol. The second-order valence-electron chi connectivity index (χ2n) is 5.72. The SMILES string of the molecule is N#Cc1cc(NC(=O)c2cnc(C(F)(F)F)cn2)ccc1[C@H]1CNCCO1. The number of anilines is 1. The summed E-state index contributed by atoms with van der Waals surface area (Å²) in [6, 6.07) is 6.79. The Labute approximate surface area is 152 Å². The smallest absolute Gasteiger partial charge is 0.371 e. The summed E-state index contributed by atoms with van der Waals surface area (Å²) in [5.74, 6) is -0.733. The number of hydrogen-bond donors (Lipinski definition) is 2. The van der Waals surface area contributed by atoms with Gasteiger partial charge in [-0.25, -0.2) is 9.97 Å². The van der Waals surface area contributed by atoms with Crippen molar-refractivity contribution in [2.24, 2.45) is 0 Å². The van der Waals surface area contributed by atoms with Crippen LogP contribution in [0, 0.1) is 11.3 Å². The summed E-state index contributed by atoms with van der Waals surface area (Å²) in [6.07, 6.45) is -3.65.